The zero-order chi connectivity index (χ0) is 20.1. The van der Waals surface area contributed by atoms with Crippen molar-refractivity contribution in [3.8, 4) is 0 Å². The molecule has 0 bridgehead atoms. The van der Waals surface area contributed by atoms with Crippen LogP contribution in [0.3, 0.4) is 0 Å². The van der Waals surface area contributed by atoms with Crippen molar-refractivity contribution >= 4 is 20.8 Å². The molecule has 144 valence electrons. The minimum Gasteiger partial charge on any atom is -0.373 e. The van der Waals surface area contributed by atoms with Gasteiger partial charge in [-0.25, -0.2) is 0 Å². The number of hydrogen-bond acceptors (Lipinski definition) is 6. The third kappa shape index (κ3) is 181. The van der Waals surface area contributed by atoms with Crippen molar-refractivity contribution in [1.29, 1.82) is 0 Å². The maximum absolute atomic E-state index is 8.74. The minimum atomic E-state index is -4.67. The minimum absolute atomic E-state index is 0.617. The Morgan fingerprint density at radius 2 is 0.708 bits per heavy atom. The van der Waals surface area contributed by atoms with Crippen LogP contribution >= 0.6 is 0 Å². The molecule has 0 heterocycles. The molecule has 0 aromatic rings. The van der Waals surface area contributed by atoms with Crippen molar-refractivity contribution in [1.82, 2.24) is 0 Å². The van der Waals surface area contributed by atoms with E-state index in [1.165, 1.54) is 0 Å². The molecule has 10 nitrogen and oxygen atoms in total. The normalized spacial score (nSPS) is 9.50. The summed E-state index contributed by atoms with van der Waals surface area (Å²) in [4.78, 5) is 0. The fraction of sp³-hybridized carbons (Fsp3) is 0.333. The molecule has 12 heteroatoms. The molecule has 0 saturated carbocycles. The van der Waals surface area contributed by atoms with E-state index in [1.807, 2.05) is 0 Å². The van der Waals surface area contributed by atoms with Crippen LogP contribution in [0.5, 0.6) is 0 Å². The molecule has 0 saturated heterocycles. The van der Waals surface area contributed by atoms with Crippen LogP contribution in [0.1, 0.15) is 0 Å². The van der Waals surface area contributed by atoms with Crippen molar-refractivity contribution in [3.05, 3.63) is 50.6 Å². The van der Waals surface area contributed by atoms with Gasteiger partial charge in [-0.05, 0) is 0 Å². The summed E-state index contributed by atoms with van der Waals surface area (Å²) in [6, 6.07) is 0. The number of hydrogen-bond donors (Lipinski definition) is 4. The summed E-state index contributed by atoms with van der Waals surface area (Å²) in [7, 11) is -9.33. The third-order valence-electron chi connectivity index (χ3n) is 0.943. The van der Waals surface area contributed by atoms with E-state index in [2.05, 4.69) is 26.3 Å². The summed E-state index contributed by atoms with van der Waals surface area (Å²) in [5.74, 6) is 0. The van der Waals surface area contributed by atoms with Gasteiger partial charge in [0.1, 0.15) is 0 Å². The smallest absolute Gasteiger partial charge is 0.373 e. The average molecular weight is 392 g/mol. The van der Waals surface area contributed by atoms with Crippen molar-refractivity contribution in [2.24, 2.45) is 0 Å². The van der Waals surface area contributed by atoms with Gasteiger partial charge in [0.2, 0.25) is 0 Å². The van der Waals surface area contributed by atoms with Gasteiger partial charge in [-0.15, -0.1) is 26.3 Å². The molecular weight excluding hydrogens is 368 g/mol. The molecule has 0 aliphatic carbocycles. The second kappa shape index (κ2) is 21.6. The predicted octanol–water partition coefficient (Wildman–Crippen LogP) is 1.44. The zero-order valence-electron chi connectivity index (χ0n) is 13.0. The molecular formula is C12H24O10S2. The standard InChI is InChI=1S/2C6H10O.2H2O4S/c2*1-3-5-7-6-4-2;2*1-5(2,3)4/h2*3-4H,1-2,5-6H2;2*(H2,1,2,3,4). The maximum Gasteiger partial charge on any atom is 0.394 e. The summed E-state index contributed by atoms with van der Waals surface area (Å²) in [6.07, 6.45) is 6.85. The molecule has 0 spiro atoms. The largest absolute Gasteiger partial charge is 0.394 e. The fourth-order valence-electron chi connectivity index (χ4n) is 0.469. The first-order valence-corrected chi connectivity index (χ1v) is 8.61. The Morgan fingerprint density at radius 1 is 0.583 bits per heavy atom. The Morgan fingerprint density at radius 3 is 0.792 bits per heavy atom. The molecule has 0 aromatic carbocycles. The Hall–Kier alpha value is -1.38. The lowest BCUT2D eigenvalue weighted by Gasteiger charge is -1.89. The first kappa shape index (κ1) is 30.5. The summed E-state index contributed by atoms with van der Waals surface area (Å²) >= 11 is 0. The van der Waals surface area contributed by atoms with E-state index in [0.717, 1.165) is 0 Å². The monoisotopic (exact) mass is 392 g/mol. The van der Waals surface area contributed by atoms with Crippen LogP contribution in [0, 0.1) is 0 Å². The Kier molecular flexibility index (Phi) is 27.5. The van der Waals surface area contributed by atoms with Crippen LogP contribution in [0.4, 0.5) is 0 Å². The number of rotatable bonds is 8. The molecule has 4 N–H and O–H groups in total. The highest BCUT2D eigenvalue weighted by Gasteiger charge is 1.85. The highest BCUT2D eigenvalue weighted by molar-refractivity contribution is 7.80. The predicted molar refractivity (Wildman–Crippen MR) is 90.8 cm³/mol. The third-order valence-corrected chi connectivity index (χ3v) is 0.943. The van der Waals surface area contributed by atoms with Gasteiger partial charge in [0.05, 0.1) is 26.4 Å². The van der Waals surface area contributed by atoms with Gasteiger partial charge >= 0.3 is 20.8 Å². The van der Waals surface area contributed by atoms with Crippen molar-refractivity contribution in [2.45, 2.75) is 0 Å². The molecule has 24 heavy (non-hydrogen) atoms. The summed E-state index contributed by atoms with van der Waals surface area (Å²) < 4.78 is 73.0. The Balaban J connectivity index is -0.000000113. The van der Waals surface area contributed by atoms with Crippen LogP contribution < -0.4 is 0 Å². The Labute approximate surface area is 143 Å². The van der Waals surface area contributed by atoms with E-state index >= 15 is 0 Å². The summed E-state index contributed by atoms with van der Waals surface area (Å²) in [5.41, 5.74) is 0. The lowest BCUT2D eigenvalue weighted by Crippen LogP contribution is -1.89. The van der Waals surface area contributed by atoms with Crippen LogP contribution in [-0.2, 0) is 30.3 Å². The van der Waals surface area contributed by atoms with Gasteiger partial charge in [-0.2, -0.15) is 16.8 Å². The van der Waals surface area contributed by atoms with Gasteiger partial charge in [0, 0.05) is 0 Å². The van der Waals surface area contributed by atoms with E-state index in [9.17, 15) is 0 Å². The fourth-order valence-corrected chi connectivity index (χ4v) is 0.469. The van der Waals surface area contributed by atoms with Crippen molar-refractivity contribution in [3.63, 3.8) is 0 Å². The second-order valence-corrected chi connectivity index (χ2v) is 4.92. The van der Waals surface area contributed by atoms with Crippen LogP contribution in [0.25, 0.3) is 0 Å². The van der Waals surface area contributed by atoms with E-state index < -0.39 is 20.8 Å². The molecule has 0 aliphatic heterocycles. The average Bonchev–Trinajstić information content (AvgIpc) is 2.37. The topological polar surface area (TPSA) is 168 Å². The molecule has 0 atom stereocenters. The Bertz CT molecular complexity index is 428. The zero-order valence-corrected chi connectivity index (χ0v) is 14.7. The van der Waals surface area contributed by atoms with Gasteiger partial charge in [-0.3, -0.25) is 18.2 Å². The first-order valence-electron chi connectivity index (χ1n) is 5.82. The molecule has 0 aliphatic rings. The quantitative estimate of drug-likeness (QED) is 0.269. The maximum atomic E-state index is 8.74. The molecule has 0 radical (unpaired) electrons. The SMILES string of the molecule is C=CCOCC=C.C=CCOCC=C.O=S(=O)(O)O.O=S(=O)(O)O. The first-order chi connectivity index (χ1) is 10.8. The molecule has 0 unspecified atom stereocenters. The highest BCUT2D eigenvalue weighted by Crippen LogP contribution is 1.73. The molecule has 0 amide bonds. The van der Waals surface area contributed by atoms with E-state index in [4.69, 9.17) is 44.5 Å². The van der Waals surface area contributed by atoms with Crippen molar-refractivity contribution < 1.29 is 44.5 Å². The van der Waals surface area contributed by atoms with Gasteiger partial charge in [0.25, 0.3) is 0 Å². The summed E-state index contributed by atoms with van der Waals surface area (Å²) in [6.45, 7) is 16.4. The second-order valence-electron chi connectivity index (χ2n) is 3.13. The van der Waals surface area contributed by atoms with Crippen molar-refractivity contribution in [2.75, 3.05) is 26.4 Å². The van der Waals surface area contributed by atoms with Crippen LogP contribution in [0.2, 0.25) is 0 Å². The van der Waals surface area contributed by atoms with Gasteiger partial charge in [0.15, 0.2) is 0 Å². The molecule has 0 rings (SSSR count). The molecule has 0 aromatic heterocycles. The highest BCUT2D eigenvalue weighted by atomic mass is 32.3. The van der Waals surface area contributed by atoms with Crippen LogP contribution in [0.15, 0.2) is 50.6 Å². The lowest BCUT2D eigenvalue weighted by molar-refractivity contribution is 0.194. The molecule has 0 fully saturated rings. The summed E-state index contributed by atoms with van der Waals surface area (Å²) in [5, 5.41) is 0. The van der Waals surface area contributed by atoms with Gasteiger partial charge in [-0.1, -0.05) is 24.3 Å². The van der Waals surface area contributed by atoms with Gasteiger partial charge < -0.3 is 9.47 Å². The lowest BCUT2D eigenvalue weighted by atomic mass is 10.6. The van der Waals surface area contributed by atoms with E-state index in [0.29, 0.717) is 26.4 Å². The van der Waals surface area contributed by atoms with E-state index in [-0.39, 0.29) is 0 Å². The number of ether oxygens (including phenoxy) is 2. The van der Waals surface area contributed by atoms with Crippen LogP contribution in [-0.4, -0.2) is 61.5 Å². The van der Waals surface area contributed by atoms with E-state index in [1.54, 1.807) is 24.3 Å².